The zero-order valence-corrected chi connectivity index (χ0v) is 22.9. The van der Waals surface area contributed by atoms with Gasteiger partial charge in [-0.05, 0) is 55.3 Å². The maximum Gasteiger partial charge on any atom is 0.229 e. The van der Waals surface area contributed by atoms with Gasteiger partial charge in [0.15, 0.2) is 11.5 Å². The third kappa shape index (κ3) is 5.87. The number of piperidine rings is 1. The molecule has 1 saturated heterocycles. The van der Waals surface area contributed by atoms with E-state index in [4.69, 9.17) is 23.7 Å². The van der Waals surface area contributed by atoms with Crippen LogP contribution in [-0.2, 0) is 9.59 Å². The fourth-order valence-electron chi connectivity index (χ4n) is 4.90. The smallest absolute Gasteiger partial charge is 0.229 e. The minimum Gasteiger partial charge on any atom is -0.497 e. The van der Waals surface area contributed by atoms with Gasteiger partial charge in [-0.3, -0.25) is 9.59 Å². The molecule has 1 aliphatic heterocycles. The molecule has 1 N–H and O–H groups in total. The van der Waals surface area contributed by atoms with Crippen LogP contribution in [0.25, 0.3) is 0 Å². The highest BCUT2D eigenvalue weighted by atomic mass is 16.5. The summed E-state index contributed by atoms with van der Waals surface area (Å²) in [6.45, 7) is 2.47. The number of nitrogens with zero attached hydrogens (tertiary/aromatic N) is 1. The molecule has 0 bridgehead atoms. The van der Waals surface area contributed by atoms with Crippen molar-refractivity contribution in [2.45, 2.75) is 25.8 Å². The van der Waals surface area contributed by atoms with Crippen molar-refractivity contribution < 1.29 is 33.3 Å². The van der Waals surface area contributed by atoms with Crippen LogP contribution in [0.1, 0.15) is 31.4 Å². The molecule has 0 radical (unpaired) electrons. The summed E-state index contributed by atoms with van der Waals surface area (Å²) in [5.74, 6) is 1.79. The van der Waals surface area contributed by atoms with Gasteiger partial charge in [0.2, 0.25) is 17.6 Å². The van der Waals surface area contributed by atoms with Gasteiger partial charge in [0.25, 0.3) is 0 Å². The highest BCUT2D eigenvalue weighted by molar-refractivity contribution is 6.00. The molecule has 2 atom stereocenters. The lowest BCUT2D eigenvalue weighted by Gasteiger charge is -2.41. The summed E-state index contributed by atoms with van der Waals surface area (Å²) < 4.78 is 27.4. The Morgan fingerprint density at radius 1 is 0.872 bits per heavy atom. The Balaban J connectivity index is 1.76. The van der Waals surface area contributed by atoms with Crippen LogP contribution in [0.15, 0.2) is 60.7 Å². The number of carbonyl (C=O) groups is 2. The fraction of sp³-hybridized carbons (Fsp3) is 0.333. The van der Waals surface area contributed by atoms with E-state index in [1.54, 1.807) is 36.3 Å². The van der Waals surface area contributed by atoms with Gasteiger partial charge in [-0.25, -0.2) is 0 Å². The molecule has 3 aromatic carbocycles. The molecule has 0 aromatic heterocycles. The van der Waals surface area contributed by atoms with Crippen molar-refractivity contribution in [2.24, 2.45) is 5.92 Å². The first kappa shape index (κ1) is 27.6. The average Bonchev–Trinajstić information content (AvgIpc) is 2.97. The largest absolute Gasteiger partial charge is 0.497 e. The molecule has 39 heavy (non-hydrogen) atoms. The van der Waals surface area contributed by atoms with Gasteiger partial charge < -0.3 is 33.9 Å². The number of hydrogen-bond donors (Lipinski definition) is 1. The number of hydrogen-bond acceptors (Lipinski definition) is 7. The van der Waals surface area contributed by atoms with Crippen molar-refractivity contribution >= 4 is 23.2 Å². The van der Waals surface area contributed by atoms with E-state index in [0.717, 1.165) is 11.3 Å². The third-order valence-electron chi connectivity index (χ3n) is 6.75. The Morgan fingerprint density at radius 2 is 1.49 bits per heavy atom. The minimum absolute atomic E-state index is 0.116. The fourth-order valence-corrected chi connectivity index (χ4v) is 4.90. The van der Waals surface area contributed by atoms with Crippen LogP contribution in [0.3, 0.4) is 0 Å². The molecule has 206 valence electrons. The lowest BCUT2D eigenvalue weighted by molar-refractivity contribution is -0.125. The van der Waals surface area contributed by atoms with Crippen LogP contribution in [0, 0.1) is 5.92 Å². The van der Waals surface area contributed by atoms with E-state index in [1.807, 2.05) is 43.3 Å². The van der Waals surface area contributed by atoms with Crippen LogP contribution < -0.4 is 33.9 Å². The number of benzene rings is 3. The van der Waals surface area contributed by atoms with E-state index in [9.17, 15) is 9.59 Å². The Labute approximate surface area is 228 Å². The standard InChI is InChI=1S/C30H34N2O7/c1-6-39-23-13-9-20(10-14-23)31-30(34)24-15-16-27(33)32(28(24)19-7-11-22(35-2)12-8-19)21-17-25(36-3)29(38-5)26(18-21)37-4/h7-14,17-18,24,28H,6,15-16H2,1-5H3,(H,31,34)/t24-,28+/m1/s1. The lowest BCUT2D eigenvalue weighted by atomic mass is 9.83. The van der Waals surface area contributed by atoms with E-state index in [-0.39, 0.29) is 18.2 Å². The molecular weight excluding hydrogens is 500 g/mol. The van der Waals surface area contributed by atoms with Gasteiger partial charge in [0.05, 0.1) is 52.7 Å². The topological polar surface area (TPSA) is 95.6 Å². The summed E-state index contributed by atoms with van der Waals surface area (Å²) in [5.41, 5.74) is 1.98. The molecule has 1 aliphatic rings. The van der Waals surface area contributed by atoms with Crippen LogP contribution in [0.2, 0.25) is 0 Å². The van der Waals surface area contributed by atoms with Gasteiger partial charge >= 0.3 is 0 Å². The zero-order chi connectivity index (χ0) is 27.9. The number of nitrogens with one attached hydrogen (secondary N) is 1. The van der Waals surface area contributed by atoms with Crippen LogP contribution in [-0.4, -0.2) is 46.9 Å². The Hall–Kier alpha value is -4.40. The lowest BCUT2D eigenvalue weighted by Crippen LogP contribution is -2.47. The van der Waals surface area contributed by atoms with E-state index in [2.05, 4.69) is 5.32 Å². The second-order valence-electron chi connectivity index (χ2n) is 8.96. The molecule has 0 spiro atoms. The Bertz CT molecular complexity index is 1270. The molecule has 3 aromatic rings. The predicted octanol–water partition coefficient (Wildman–Crippen LogP) is 5.24. The van der Waals surface area contributed by atoms with Crippen molar-refractivity contribution in [3.63, 3.8) is 0 Å². The van der Waals surface area contributed by atoms with Crippen LogP contribution in [0.4, 0.5) is 11.4 Å². The number of rotatable bonds is 10. The van der Waals surface area contributed by atoms with Crippen molar-refractivity contribution in [3.8, 4) is 28.7 Å². The molecule has 9 heteroatoms. The van der Waals surface area contributed by atoms with Crippen molar-refractivity contribution in [3.05, 3.63) is 66.2 Å². The number of carbonyl (C=O) groups excluding carboxylic acids is 2. The normalized spacial score (nSPS) is 16.8. The van der Waals surface area contributed by atoms with E-state index in [1.165, 1.54) is 21.3 Å². The summed E-state index contributed by atoms with van der Waals surface area (Å²) in [5, 5.41) is 3.03. The van der Waals surface area contributed by atoms with Gasteiger partial charge in [0.1, 0.15) is 11.5 Å². The van der Waals surface area contributed by atoms with E-state index < -0.39 is 12.0 Å². The number of amides is 2. The molecule has 0 aliphatic carbocycles. The van der Waals surface area contributed by atoms with Gasteiger partial charge in [-0.2, -0.15) is 0 Å². The summed E-state index contributed by atoms with van der Waals surface area (Å²) in [6, 6.07) is 17.5. The van der Waals surface area contributed by atoms with Gasteiger partial charge in [0, 0.05) is 24.2 Å². The molecule has 2 amide bonds. The summed E-state index contributed by atoms with van der Waals surface area (Å²) in [7, 11) is 6.15. The van der Waals surface area contributed by atoms with Crippen molar-refractivity contribution in [1.82, 2.24) is 0 Å². The zero-order valence-electron chi connectivity index (χ0n) is 22.9. The van der Waals surface area contributed by atoms with Crippen molar-refractivity contribution in [2.75, 3.05) is 45.3 Å². The monoisotopic (exact) mass is 534 g/mol. The Morgan fingerprint density at radius 3 is 2.03 bits per heavy atom. The summed E-state index contributed by atoms with van der Waals surface area (Å²) >= 11 is 0. The highest BCUT2D eigenvalue weighted by Crippen LogP contribution is 2.46. The maximum absolute atomic E-state index is 13.7. The molecule has 4 rings (SSSR count). The number of methoxy groups -OCH3 is 4. The molecule has 0 saturated carbocycles. The van der Waals surface area contributed by atoms with Gasteiger partial charge in [-0.1, -0.05) is 12.1 Å². The second kappa shape index (κ2) is 12.4. The van der Waals surface area contributed by atoms with Crippen molar-refractivity contribution in [1.29, 1.82) is 0 Å². The summed E-state index contributed by atoms with van der Waals surface area (Å²) in [4.78, 5) is 28.9. The van der Waals surface area contributed by atoms with E-state index in [0.29, 0.717) is 47.4 Å². The second-order valence-corrected chi connectivity index (χ2v) is 8.96. The first-order chi connectivity index (χ1) is 18.9. The third-order valence-corrected chi connectivity index (χ3v) is 6.75. The van der Waals surface area contributed by atoms with Gasteiger partial charge in [-0.15, -0.1) is 0 Å². The minimum atomic E-state index is -0.595. The molecule has 1 heterocycles. The molecule has 0 unspecified atom stereocenters. The Kier molecular flexibility index (Phi) is 8.81. The van der Waals surface area contributed by atoms with Crippen LogP contribution >= 0.6 is 0 Å². The number of anilines is 2. The molecular formula is C30H34N2O7. The average molecular weight is 535 g/mol. The van der Waals surface area contributed by atoms with E-state index >= 15 is 0 Å². The summed E-state index contributed by atoms with van der Waals surface area (Å²) in [6.07, 6.45) is 0.587. The van der Waals surface area contributed by atoms with Crippen LogP contribution in [0.5, 0.6) is 28.7 Å². The quantitative estimate of drug-likeness (QED) is 0.380. The molecule has 9 nitrogen and oxygen atoms in total. The first-order valence-electron chi connectivity index (χ1n) is 12.7. The highest BCUT2D eigenvalue weighted by Gasteiger charge is 2.42. The first-order valence-corrected chi connectivity index (χ1v) is 12.7. The number of ether oxygens (including phenoxy) is 5. The predicted molar refractivity (Wildman–Crippen MR) is 148 cm³/mol. The molecule has 1 fully saturated rings. The SMILES string of the molecule is CCOc1ccc(NC(=O)[C@@H]2CCC(=O)N(c3cc(OC)c(OC)c(OC)c3)[C@H]2c2ccc(OC)cc2)cc1. The maximum atomic E-state index is 13.7.